The standard InChI is InChI=1S/C23H34N6O4/c1-15(29-8-5-18(26-29)16-6-9-31-10-7-16)20-25-19(27-33-20)17-11-24-12-23(17)13-28(14-23)21(30)32-22(2,3)4/h5,8,15-17,24H,6-7,9-14H2,1-4H3. The highest BCUT2D eigenvalue weighted by Crippen LogP contribution is 2.46. The van der Waals surface area contributed by atoms with Crippen molar-refractivity contribution in [2.75, 3.05) is 39.4 Å². The van der Waals surface area contributed by atoms with E-state index in [2.05, 4.69) is 16.5 Å². The zero-order chi connectivity index (χ0) is 23.2. The Morgan fingerprint density at radius 1 is 1.30 bits per heavy atom. The van der Waals surface area contributed by atoms with Crippen LogP contribution in [0.25, 0.3) is 0 Å². The van der Waals surface area contributed by atoms with Crippen LogP contribution in [0.1, 0.15) is 75.8 Å². The van der Waals surface area contributed by atoms with E-state index in [1.807, 2.05) is 38.6 Å². The molecular formula is C23H34N6O4. The van der Waals surface area contributed by atoms with Gasteiger partial charge in [0, 0.05) is 62.8 Å². The second-order valence-corrected chi connectivity index (χ2v) is 10.7. The van der Waals surface area contributed by atoms with E-state index in [1.54, 1.807) is 4.90 Å². The van der Waals surface area contributed by atoms with Gasteiger partial charge in [-0.25, -0.2) is 4.79 Å². The third-order valence-electron chi connectivity index (χ3n) is 7.02. The predicted octanol–water partition coefficient (Wildman–Crippen LogP) is 2.69. The molecule has 5 heterocycles. The van der Waals surface area contributed by atoms with Crippen LogP contribution in [-0.4, -0.2) is 75.9 Å². The zero-order valence-electron chi connectivity index (χ0n) is 19.9. The molecule has 0 saturated carbocycles. The highest BCUT2D eigenvalue weighted by atomic mass is 16.6. The quantitative estimate of drug-likeness (QED) is 0.745. The summed E-state index contributed by atoms with van der Waals surface area (Å²) in [6.45, 7) is 12.1. The Morgan fingerprint density at radius 2 is 2.06 bits per heavy atom. The molecule has 3 fully saturated rings. The third kappa shape index (κ3) is 4.38. The van der Waals surface area contributed by atoms with Crippen LogP contribution < -0.4 is 5.32 Å². The van der Waals surface area contributed by atoms with Gasteiger partial charge in [-0.2, -0.15) is 10.1 Å². The lowest BCUT2D eigenvalue weighted by molar-refractivity contribution is -0.0337. The van der Waals surface area contributed by atoms with Gasteiger partial charge < -0.3 is 24.2 Å². The molecule has 180 valence electrons. The SMILES string of the molecule is CC(c1nc(C2CNCC23CN(C(=O)OC(C)(C)C)C3)no1)n1ccc(C2CCOCC2)n1. The molecule has 3 saturated heterocycles. The molecule has 5 rings (SSSR count). The van der Waals surface area contributed by atoms with E-state index < -0.39 is 5.60 Å². The average Bonchev–Trinajstić information content (AvgIpc) is 3.50. The number of carbonyl (C=O) groups is 1. The lowest BCUT2D eigenvalue weighted by Gasteiger charge is -2.49. The van der Waals surface area contributed by atoms with Gasteiger partial charge in [0.15, 0.2) is 5.82 Å². The van der Waals surface area contributed by atoms with Gasteiger partial charge in [0.05, 0.1) is 5.69 Å². The first-order chi connectivity index (χ1) is 15.7. The number of carbonyl (C=O) groups excluding carboxylic acids is 1. The second kappa shape index (κ2) is 8.39. The predicted molar refractivity (Wildman–Crippen MR) is 119 cm³/mol. The van der Waals surface area contributed by atoms with Crippen molar-refractivity contribution in [2.45, 2.75) is 64.0 Å². The Morgan fingerprint density at radius 3 is 2.79 bits per heavy atom. The normalized spacial score (nSPS) is 24.1. The fourth-order valence-corrected chi connectivity index (χ4v) is 5.12. The summed E-state index contributed by atoms with van der Waals surface area (Å²) in [6, 6.07) is 1.93. The van der Waals surface area contributed by atoms with E-state index in [-0.39, 0.29) is 23.5 Å². The molecule has 1 amide bonds. The maximum Gasteiger partial charge on any atom is 0.410 e. The van der Waals surface area contributed by atoms with Crippen LogP contribution in [0.3, 0.4) is 0 Å². The van der Waals surface area contributed by atoms with Crippen molar-refractivity contribution >= 4 is 6.09 Å². The number of aromatic nitrogens is 4. The molecule has 3 aliphatic heterocycles. The summed E-state index contributed by atoms with van der Waals surface area (Å²) in [5.41, 5.74) is 0.521. The smallest absolute Gasteiger partial charge is 0.410 e. The minimum Gasteiger partial charge on any atom is -0.444 e. The van der Waals surface area contributed by atoms with Gasteiger partial charge in [0.1, 0.15) is 11.6 Å². The van der Waals surface area contributed by atoms with Gasteiger partial charge in [-0.15, -0.1) is 0 Å². The second-order valence-electron chi connectivity index (χ2n) is 10.7. The molecule has 0 aliphatic carbocycles. The summed E-state index contributed by atoms with van der Waals surface area (Å²) in [5.74, 6) is 1.79. The van der Waals surface area contributed by atoms with Gasteiger partial charge >= 0.3 is 6.09 Å². The van der Waals surface area contributed by atoms with Crippen molar-refractivity contribution in [1.29, 1.82) is 0 Å². The summed E-state index contributed by atoms with van der Waals surface area (Å²) in [4.78, 5) is 18.9. The monoisotopic (exact) mass is 458 g/mol. The van der Waals surface area contributed by atoms with Crippen molar-refractivity contribution in [2.24, 2.45) is 5.41 Å². The van der Waals surface area contributed by atoms with Crippen LogP contribution in [0, 0.1) is 5.41 Å². The largest absolute Gasteiger partial charge is 0.444 e. The van der Waals surface area contributed by atoms with Crippen LogP contribution >= 0.6 is 0 Å². The number of ether oxygens (including phenoxy) is 2. The van der Waals surface area contributed by atoms with Crippen LogP contribution in [0.4, 0.5) is 4.79 Å². The Balaban J connectivity index is 1.25. The number of likely N-dealkylation sites (tertiary alicyclic amines) is 1. The van der Waals surface area contributed by atoms with E-state index in [9.17, 15) is 4.79 Å². The minimum atomic E-state index is -0.497. The average molecular weight is 459 g/mol. The minimum absolute atomic E-state index is 0.0802. The Labute approximate surface area is 194 Å². The first-order valence-electron chi connectivity index (χ1n) is 11.9. The maximum absolute atomic E-state index is 12.4. The summed E-state index contributed by atoms with van der Waals surface area (Å²) in [7, 11) is 0. The van der Waals surface area contributed by atoms with Crippen LogP contribution in [0.2, 0.25) is 0 Å². The molecular weight excluding hydrogens is 424 g/mol. The molecule has 1 N–H and O–H groups in total. The fraction of sp³-hybridized carbons (Fsp3) is 0.739. The van der Waals surface area contributed by atoms with E-state index in [4.69, 9.17) is 24.1 Å². The van der Waals surface area contributed by atoms with Crippen LogP contribution in [-0.2, 0) is 9.47 Å². The van der Waals surface area contributed by atoms with Crippen LogP contribution in [0.5, 0.6) is 0 Å². The summed E-state index contributed by atoms with van der Waals surface area (Å²) in [6.07, 6.45) is 3.74. The van der Waals surface area contributed by atoms with Gasteiger partial charge in [-0.3, -0.25) is 4.68 Å². The van der Waals surface area contributed by atoms with Gasteiger partial charge in [0.2, 0.25) is 0 Å². The van der Waals surface area contributed by atoms with Gasteiger partial charge in [-0.05, 0) is 46.6 Å². The van der Waals surface area contributed by atoms with Crippen molar-refractivity contribution in [3.63, 3.8) is 0 Å². The van der Waals surface area contributed by atoms with Crippen LogP contribution in [0.15, 0.2) is 16.8 Å². The fourth-order valence-electron chi connectivity index (χ4n) is 5.12. The van der Waals surface area contributed by atoms with E-state index in [0.717, 1.165) is 44.8 Å². The molecule has 33 heavy (non-hydrogen) atoms. The first kappa shape index (κ1) is 22.3. The summed E-state index contributed by atoms with van der Waals surface area (Å²) < 4.78 is 18.6. The molecule has 2 atom stereocenters. The number of hydrogen-bond donors (Lipinski definition) is 1. The topological polar surface area (TPSA) is 108 Å². The van der Waals surface area contributed by atoms with Gasteiger partial charge in [0.25, 0.3) is 5.89 Å². The Kier molecular flexibility index (Phi) is 5.68. The molecule has 0 radical (unpaired) electrons. The summed E-state index contributed by atoms with van der Waals surface area (Å²) >= 11 is 0. The maximum atomic E-state index is 12.4. The Bertz CT molecular complexity index is 983. The van der Waals surface area contributed by atoms with Crippen molar-refractivity contribution < 1.29 is 18.8 Å². The third-order valence-corrected chi connectivity index (χ3v) is 7.02. The molecule has 2 aromatic heterocycles. The lowest BCUT2D eigenvalue weighted by Crippen LogP contribution is -2.62. The highest BCUT2D eigenvalue weighted by molar-refractivity contribution is 5.69. The van der Waals surface area contributed by atoms with Crippen molar-refractivity contribution in [3.05, 3.63) is 29.7 Å². The molecule has 0 bridgehead atoms. The molecule has 2 unspecified atom stereocenters. The molecule has 10 nitrogen and oxygen atoms in total. The molecule has 2 aromatic rings. The first-order valence-corrected chi connectivity index (χ1v) is 11.9. The molecule has 1 spiro atoms. The van der Waals surface area contributed by atoms with Crippen molar-refractivity contribution in [1.82, 2.24) is 30.1 Å². The molecule has 0 aromatic carbocycles. The van der Waals surface area contributed by atoms with Crippen molar-refractivity contribution in [3.8, 4) is 0 Å². The van der Waals surface area contributed by atoms with E-state index in [0.29, 0.717) is 30.7 Å². The molecule has 10 heteroatoms. The Hall–Kier alpha value is -2.46. The lowest BCUT2D eigenvalue weighted by atomic mass is 9.71. The number of nitrogens with zero attached hydrogens (tertiary/aromatic N) is 5. The number of amides is 1. The highest BCUT2D eigenvalue weighted by Gasteiger charge is 2.55. The number of rotatable bonds is 4. The zero-order valence-corrected chi connectivity index (χ0v) is 19.9. The number of nitrogens with one attached hydrogen (secondary N) is 1. The molecule has 3 aliphatic rings. The van der Waals surface area contributed by atoms with E-state index >= 15 is 0 Å². The number of hydrogen-bond acceptors (Lipinski definition) is 8. The summed E-state index contributed by atoms with van der Waals surface area (Å²) in [5, 5.41) is 12.6. The van der Waals surface area contributed by atoms with Gasteiger partial charge in [-0.1, -0.05) is 5.16 Å². The van der Waals surface area contributed by atoms with E-state index in [1.165, 1.54) is 0 Å².